The van der Waals surface area contributed by atoms with Crippen molar-refractivity contribution in [3.8, 4) is 12.1 Å². The maximum Gasteiger partial charge on any atom is 0.295 e. The van der Waals surface area contributed by atoms with Crippen LogP contribution >= 0.6 is 34.8 Å². The van der Waals surface area contributed by atoms with Crippen molar-refractivity contribution < 1.29 is 4.92 Å². The molecule has 0 spiro atoms. The van der Waals surface area contributed by atoms with E-state index in [1.807, 2.05) is 19.1 Å². The van der Waals surface area contributed by atoms with E-state index in [9.17, 15) is 25.4 Å². The molecule has 1 aromatic heterocycles. The first-order valence-corrected chi connectivity index (χ1v) is 11.1. The molecule has 36 heavy (non-hydrogen) atoms. The number of halogens is 3. The monoisotopic (exact) mass is 539 g/mol. The number of aromatic amines is 1. The number of non-ortho nitro benzene ring substituents is 1. The van der Waals surface area contributed by atoms with Gasteiger partial charge in [0.05, 0.1) is 65.6 Å². The summed E-state index contributed by atoms with van der Waals surface area (Å²) in [5.41, 5.74) is 0.805. The van der Waals surface area contributed by atoms with Gasteiger partial charge in [-0.25, -0.2) is 4.98 Å². The molecule has 0 unspecified atom stereocenters. The number of fused-ring (bicyclic) bond motifs is 1. The fourth-order valence-corrected chi connectivity index (χ4v) is 4.34. The molecule has 0 saturated carbocycles. The van der Waals surface area contributed by atoms with E-state index >= 15 is 0 Å². The van der Waals surface area contributed by atoms with E-state index in [0.717, 1.165) is 11.9 Å². The van der Waals surface area contributed by atoms with Crippen LogP contribution in [0, 0.1) is 39.7 Å². The Hall–Kier alpha value is -4.35. The molecule has 0 aliphatic carbocycles. The number of nitro groups is 1. The number of nitro benzene ring substituents is 1. The van der Waals surface area contributed by atoms with Crippen LogP contribution in [-0.2, 0) is 0 Å². The highest BCUT2D eigenvalue weighted by Crippen LogP contribution is 2.43. The largest absolute Gasteiger partial charge is 0.353 e. The first-order chi connectivity index (χ1) is 17.2. The number of aryl methyl sites for hydroxylation is 1. The summed E-state index contributed by atoms with van der Waals surface area (Å²) in [4.78, 5) is 29.8. The summed E-state index contributed by atoms with van der Waals surface area (Å²) < 4.78 is 0. The van der Waals surface area contributed by atoms with Crippen LogP contribution in [0.3, 0.4) is 0 Å². The first kappa shape index (κ1) is 24.8. The van der Waals surface area contributed by atoms with Gasteiger partial charge in [0.2, 0.25) is 0 Å². The molecule has 0 radical (unpaired) electrons. The number of anilines is 4. The van der Waals surface area contributed by atoms with Gasteiger partial charge < -0.3 is 15.6 Å². The van der Waals surface area contributed by atoms with Crippen molar-refractivity contribution in [2.24, 2.45) is 0 Å². The van der Waals surface area contributed by atoms with Gasteiger partial charge in [-0.2, -0.15) is 10.5 Å². The second-order valence-corrected chi connectivity index (χ2v) is 8.57. The second-order valence-electron chi connectivity index (χ2n) is 7.43. The van der Waals surface area contributed by atoms with Gasteiger partial charge in [0.15, 0.2) is 5.52 Å². The van der Waals surface area contributed by atoms with Crippen molar-refractivity contribution in [3.63, 3.8) is 0 Å². The van der Waals surface area contributed by atoms with E-state index in [1.54, 1.807) is 18.2 Å². The number of benzene rings is 3. The summed E-state index contributed by atoms with van der Waals surface area (Å²) >= 11 is 18.8. The van der Waals surface area contributed by atoms with Crippen LogP contribution in [0.4, 0.5) is 28.4 Å². The first-order valence-electron chi connectivity index (χ1n) is 9.98. The summed E-state index contributed by atoms with van der Waals surface area (Å²) in [7, 11) is 0. The van der Waals surface area contributed by atoms with Gasteiger partial charge in [0, 0.05) is 6.07 Å². The van der Waals surface area contributed by atoms with Crippen LogP contribution in [0.2, 0.25) is 15.1 Å². The number of hydrogen-bond donors (Lipinski definition) is 3. The zero-order valence-electron chi connectivity index (χ0n) is 18.1. The van der Waals surface area contributed by atoms with Crippen molar-refractivity contribution in [3.05, 3.63) is 88.9 Å². The number of aromatic nitrogens is 2. The van der Waals surface area contributed by atoms with E-state index < -0.39 is 10.5 Å². The Balaban J connectivity index is 1.88. The molecular weight excluding hydrogens is 529 g/mol. The van der Waals surface area contributed by atoms with Gasteiger partial charge in [-0.15, -0.1) is 0 Å². The smallest absolute Gasteiger partial charge is 0.295 e. The van der Waals surface area contributed by atoms with Crippen molar-refractivity contribution in [2.45, 2.75) is 6.92 Å². The molecule has 13 heteroatoms. The number of nitrogens with zero attached hydrogens (tertiary/aromatic N) is 4. The predicted octanol–water partition coefficient (Wildman–Crippen LogP) is 6.33. The Morgan fingerprint density at radius 2 is 1.67 bits per heavy atom. The number of nitrogens with one attached hydrogen (secondary N) is 3. The minimum Gasteiger partial charge on any atom is -0.353 e. The molecule has 4 aromatic rings. The van der Waals surface area contributed by atoms with E-state index in [4.69, 9.17) is 34.8 Å². The molecule has 3 aromatic carbocycles. The molecule has 0 aliphatic heterocycles. The third-order valence-corrected chi connectivity index (χ3v) is 6.45. The number of nitriles is 2. The van der Waals surface area contributed by atoms with Crippen LogP contribution in [-0.4, -0.2) is 14.9 Å². The fraction of sp³-hybridized carbons (Fsp3) is 0.0435. The van der Waals surface area contributed by atoms with Gasteiger partial charge in [-0.1, -0.05) is 40.9 Å². The van der Waals surface area contributed by atoms with Gasteiger partial charge in [0.25, 0.3) is 11.2 Å². The zero-order valence-corrected chi connectivity index (χ0v) is 20.4. The molecule has 1 heterocycles. The Labute approximate surface area is 217 Å². The highest BCUT2D eigenvalue weighted by molar-refractivity contribution is 6.46. The molecule has 3 N–H and O–H groups in total. The lowest BCUT2D eigenvalue weighted by Crippen LogP contribution is -2.10. The minimum atomic E-state index is -0.623. The van der Waals surface area contributed by atoms with E-state index in [0.29, 0.717) is 11.4 Å². The lowest BCUT2D eigenvalue weighted by molar-refractivity contribution is -0.383. The number of hydrogen-bond acceptors (Lipinski definition) is 8. The fourth-order valence-electron chi connectivity index (χ4n) is 3.55. The number of rotatable bonds is 5. The maximum absolute atomic E-state index is 12.6. The second kappa shape index (κ2) is 9.72. The van der Waals surface area contributed by atoms with Crippen LogP contribution in [0.1, 0.15) is 16.7 Å². The topological polar surface area (TPSA) is 161 Å². The molecular formula is C23H12Cl3N7O3. The molecule has 10 nitrogen and oxygen atoms in total. The highest BCUT2D eigenvalue weighted by Gasteiger charge is 2.23. The Kier molecular flexibility index (Phi) is 6.69. The SMILES string of the molecule is Cc1ccc(Nc2c(Cl)c(Cl)c(C#N)c(Cl)c2C#N)c(Nc2ccc([N+](=O)[O-])c3nc[nH]c(=O)c23)c1. The van der Waals surface area contributed by atoms with Crippen molar-refractivity contribution in [1.29, 1.82) is 10.5 Å². The quantitative estimate of drug-likeness (QED) is 0.150. The van der Waals surface area contributed by atoms with Crippen molar-refractivity contribution in [2.75, 3.05) is 10.6 Å². The van der Waals surface area contributed by atoms with Crippen LogP contribution in [0.25, 0.3) is 10.9 Å². The summed E-state index contributed by atoms with van der Waals surface area (Å²) in [5, 5.41) is 36.2. The Bertz CT molecular complexity index is 1720. The van der Waals surface area contributed by atoms with Crippen LogP contribution in [0.5, 0.6) is 0 Å². The van der Waals surface area contributed by atoms with E-state index in [1.165, 1.54) is 12.1 Å². The summed E-state index contributed by atoms with van der Waals surface area (Å²) in [6.07, 6.45) is 1.09. The normalized spacial score (nSPS) is 10.5. The van der Waals surface area contributed by atoms with Gasteiger partial charge >= 0.3 is 0 Å². The van der Waals surface area contributed by atoms with Gasteiger partial charge in [0.1, 0.15) is 12.1 Å². The Morgan fingerprint density at radius 3 is 2.33 bits per heavy atom. The van der Waals surface area contributed by atoms with Gasteiger partial charge in [-0.05, 0) is 30.7 Å². The lowest BCUT2D eigenvalue weighted by Gasteiger charge is -2.18. The van der Waals surface area contributed by atoms with E-state index in [-0.39, 0.29) is 54.2 Å². The third kappa shape index (κ3) is 4.25. The molecule has 0 saturated heterocycles. The maximum atomic E-state index is 12.6. The average molecular weight is 541 g/mol. The standard InChI is InChI=1S/C23H12Cl3N7O3/c1-10-2-3-13(32-21-12(8-28)18(24)11(7-27)19(25)20(21)26)15(6-10)31-14-4-5-16(33(35)36)22-17(14)23(34)30-9-29-22/h2-6,9,31-32H,1H3,(H,29,30,34). The summed E-state index contributed by atoms with van der Waals surface area (Å²) in [6.45, 7) is 1.83. The van der Waals surface area contributed by atoms with E-state index in [2.05, 4.69) is 20.6 Å². The molecule has 178 valence electrons. The average Bonchev–Trinajstić information content (AvgIpc) is 2.84. The third-order valence-electron chi connectivity index (χ3n) is 5.22. The zero-order chi connectivity index (χ0) is 26.1. The molecule has 0 fully saturated rings. The summed E-state index contributed by atoms with van der Waals surface area (Å²) in [5.74, 6) is 0. The van der Waals surface area contributed by atoms with Crippen LogP contribution in [0.15, 0.2) is 41.5 Å². The highest BCUT2D eigenvalue weighted by atomic mass is 35.5. The van der Waals surface area contributed by atoms with Gasteiger partial charge in [-0.3, -0.25) is 14.9 Å². The minimum absolute atomic E-state index is 0.0145. The molecule has 0 atom stereocenters. The van der Waals surface area contributed by atoms with Crippen molar-refractivity contribution >= 4 is 74.1 Å². The molecule has 4 rings (SSSR count). The summed E-state index contributed by atoms with van der Waals surface area (Å²) in [6, 6.07) is 11.6. The van der Waals surface area contributed by atoms with Crippen LogP contribution < -0.4 is 16.2 Å². The van der Waals surface area contributed by atoms with Crippen molar-refractivity contribution in [1.82, 2.24) is 9.97 Å². The lowest BCUT2D eigenvalue weighted by atomic mass is 10.1. The molecule has 0 aliphatic rings. The Morgan fingerprint density at radius 1 is 0.972 bits per heavy atom. The number of H-pyrrole nitrogens is 1. The molecule has 0 bridgehead atoms. The molecule has 0 amide bonds. The predicted molar refractivity (Wildman–Crippen MR) is 138 cm³/mol.